The van der Waals surface area contributed by atoms with Crippen molar-refractivity contribution in [2.24, 2.45) is 0 Å². The fourth-order valence-corrected chi connectivity index (χ4v) is 9.99. The van der Waals surface area contributed by atoms with Crippen molar-refractivity contribution >= 4 is 81.3 Å². The third kappa shape index (κ3) is 3.27. The number of para-hydroxylation sites is 2. The van der Waals surface area contributed by atoms with Crippen LogP contribution in [-0.4, -0.2) is 9.38 Å². The molecule has 0 saturated carbocycles. The minimum absolute atomic E-state index is 0.0196. The fraction of sp³-hybridized carbons (Fsp3) is 0. The van der Waals surface area contributed by atoms with Gasteiger partial charge in [0.05, 0.1) is 11.0 Å². The first-order valence-electron chi connectivity index (χ1n) is 18.2. The van der Waals surface area contributed by atoms with Crippen LogP contribution in [0, 0.1) is 0 Å². The number of hydrogen-bond donors (Lipinski definition) is 0. The molecule has 2 heterocycles. The standard InChI is InChI=1S/C50H26N2O/c53-50-38-26-22-34-32-20-24-36-45-35(23-19-31(43(32)45)33-21-25-37(46(38)44(33)34)49-51-39-17-9-10-18-40(39)52(49)50)47-41(27-11-3-1-4-12-27)29-15-7-8-16-30(29)42(48(36)47)28-13-5-2-6-14-28/h1-26H. The first-order valence-corrected chi connectivity index (χ1v) is 18.2. The number of pyridine rings is 1. The Morgan fingerprint density at radius 3 is 1.42 bits per heavy atom. The zero-order valence-electron chi connectivity index (χ0n) is 28.3. The van der Waals surface area contributed by atoms with Gasteiger partial charge in [-0.15, -0.1) is 0 Å². The van der Waals surface area contributed by atoms with Gasteiger partial charge in [0.1, 0.15) is 5.65 Å². The molecule has 0 aliphatic heterocycles. The Hall–Kier alpha value is -7.10. The number of hydrogen-bond acceptors (Lipinski definition) is 2. The molecular formula is C50H26N2O. The van der Waals surface area contributed by atoms with Crippen LogP contribution in [0.1, 0.15) is 0 Å². The molecule has 0 fully saturated rings. The molecule has 10 aromatic carbocycles. The monoisotopic (exact) mass is 670 g/mol. The van der Waals surface area contributed by atoms with Crippen LogP contribution in [0.3, 0.4) is 0 Å². The topological polar surface area (TPSA) is 34.4 Å². The number of benzene rings is 10. The SMILES string of the molecule is O=c1c2ccc3c4ccc5c6c(ccc(c7ccc(c2c37)c2nc3ccccc3n12)c64)-c1c-5c(-c2ccccc2)c2ccccc2c1-c1ccccc1. The molecule has 3 heteroatoms. The third-order valence-electron chi connectivity index (χ3n) is 12.0. The van der Waals surface area contributed by atoms with Gasteiger partial charge in [0.25, 0.3) is 5.56 Å². The summed E-state index contributed by atoms with van der Waals surface area (Å²) in [7, 11) is 0. The Labute approximate surface area is 302 Å². The molecule has 13 rings (SSSR count). The molecule has 0 N–H and O–H groups in total. The molecule has 1 aliphatic rings. The van der Waals surface area contributed by atoms with E-state index in [1.807, 2.05) is 30.3 Å². The van der Waals surface area contributed by atoms with Crippen LogP contribution < -0.4 is 5.56 Å². The molecule has 0 saturated heterocycles. The van der Waals surface area contributed by atoms with E-state index < -0.39 is 0 Å². The summed E-state index contributed by atoms with van der Waals surface area (Å²) in [6.07, 6.45) is 0. The smallest absolute Gasteiger partial charge is 0.264 e. The van der Waals surface area contributed by atoms with Gasteiger partial charge >= 0.3 is 0 Å². The Morgan fingerprint density at radius 1 is 0.358 bits per heavy atom. The lowest BCUT2D eigenvalue weighted by atomic mass is 9.82. The number of nitrogens with zero attached hydrogens (tertiary/aromatic N) is 2. The molecule has 53 heavy (non-hydrogen) atoms. The quantitative estimate of drug-likeness (QED) is 0.135. The zero-order chi connectivity index (χ0) is 34.5. The summed E-state index contributed by atoms with van der Waals surface area (Å²) in [5, 5.41) is 13.7. The molecule has 0 atom stereocenters. The Morgan fingerprint density at radius 2 is 0.811 bits per heavy atom. The van der Waals surface area contributed by atoms with Gasteiger partial charge in [-0.05, 0) is 117 Å². The Bertz CT molecular complexity index is 3480. The highest BCUT2D eigenvalue weighted by molar-refractivity contribution is 6.41. The van der Waals surface area contributed by atoms with Crippen LogP contribution >= 0.6 is 0 Å². The summed E-state index contributed by atoms with van der Waals surface area (Å²) >= 11 is 0. The van der Waals surface area contributed by atoms with Crippen LogP contribution in [-0.2, 0) is 0 Å². The van der Waals surface area contributed by atoms with E-state index in [0.29, 0.717) is 0 Å². The largest absolute Gasteiger partial charge is 0.268 e. The van der Waals surface area contributed by atoms with E-state index in [-0.39, 0.29) is 5.56 Å². The molecule has 0 amide bonds. The molecule has 1 aliphatic carbocycles. The molecule has 242 valence electrons. The average Bonchev–Trinajstić information content (AvgIpc) is 3.77. The van der Waals surface area contributed by atoms with E-state index in [4.69, 9.17) is 4.98 Å². The van der Waals surface area contributed by atoms with Crippen LogP contribution in [0.4, 0.5) is 0 Å². The molecular weight excluding hydrogens is 645 g/mol. The Balaban J connectivity index is 1.22. The van der Waals surface area contributed by atoms with E-state index in [2.05, 4.69) is 127 Å². The van der Waals surface area contributed by atoms with Gasteiger partial charge in [-0.1, -0.05) is 133 Å². The highest BCUT2D eigenvalue weighted by atomic mass is 16.1. The van der Waals surface area contributed by atoms with Crippen molar-refractivity contribution in [2.45, 2.75) is 0 Å². The number of aromatic nitrogens is 2. The molecule has 0 spiro atoms. The van der Waals surface area contributed by atoms with Crippen LogP contribution in [0.25, 0.3) is 126 Å². The normalized spacial score (nSPS) is 12.6. The van der Waals surface area contributed by atoms with Crippen molar-refractivity contribution in [1.29, 1.82) is 0 Å². The van der Waals surface area contributed by atoms with Crippen molar-refractivity contribution in [2.75, 3.05) is 0 Å². The van der Waals surface area contributed by atoms with Gasteiger partial charge in [-0.3, -0.25) is 9.20 Å². The lowest BCUT2D eigenvalue weighted by Gasteiger charge is -2.20. The van der Waals surface area contributed by atoms with Crippen LogP contribution in [0.2, 0.25) is 0 Å². The van der Waals surface area contributed by atoms with E-state index in [1.165, 1.54) is 87.6 Å². The predicted molar refractivity (Wildman–Crippen MR) is 222 cm³/mol. The first-order chi connectivity index (χ1) is 26.3. The highest BCUT2D eigenvalue weighted by Gasteiger charge is 2.32. The Kier molecular flexibility index (Phi) is 5.00. The van der Waals surface area contributed by atoms with Crippen molar-refractivity contribution in [3.05, 3.63) is 168 Å². The van der Waals surface area contributed by atoms with Gasteiger partial charge in [-0.2, -0.15) is 0 Å². The first kappa shape index (κ1) is 27.6. The van der Waals surface area contributed by atoms with Gasteiger partial charge < -0.3 is 0 Å². The lowest BCUT2D eigenvalue weighted by Crippen LogP contribution is -2.13. The maximum absolute atomic E-state index is 14.3. The van der Waals surface area contributed by atoms with Crippen LogP contribution in [0.5, 0.6) is 0 Å². The molecule has 0 unspecified atom stereocenters. The van der Waals surface area contributed by atoms with Gasteiger partial charge in [-0.25, -0.2) is 4.98 Å². The van der Waals surface area contributed by atoms with E-state index in [9.17, 15) is 4.79 Å². The second-order valence-electron chi connectivity index (χ2n) is 14.5. The molecule has 12 aromatic rings. The van der Waals surface area contributed by atoms with Crippen molar-refractivity contribution in [3.8, 4) is 44.5 Å². The predicted octanol–water partition coefficient (Wildman–Crippen LogP) is 12.6. The summed E-state index contributed by atoms with van der Waals surface area (Å²) in [5.41, 5.74) is 12.5. The molecule has 3 nitrogen and oxygen atoms in total. The van der Waals surface area contributed by atoms with Gasteiger partial charge in [0.2, 0.25) is 0 Å². The molecule has 2 aromatic heterocycles. The minimum atomic E-state index is -0.0196. The summed E-state index contributed by atoms with van der Waals surface area (Å²) in [5.74, 6) is 0. The second-order valence-corrected chi connectivity index (χ2v) is 14.5. The van der Waals surface area contributed by atoms with Gasteiger partial charge in [0.15, 0.2) is 0 Å². The van der Waals surface area contributed by atoms with Crippen molar-refractivity contribution in [3.63, 3.8) is 0 Å². The summed E-state index contributed by atoms with van der Waals surface area (Å²) < 4.78 is 1.79. The van der Waals surface area contributed by atoms with E-state index in [0.717, 1.165) is 38.2 Å². The minimum Gasteiger partial charge on any atom is -0.268 e. The van der Waals surface area contributed by atoms with E-state index >= 15 is 0 Å². The van der Waals surface area contributed by atoms with E-state index in [1.54, 1.807) is 4.40 Å². The number of fused-ring (bicyclic) bond motifs is 10. The van der Waals surface area contributed by atoms with Crippen molar-refractivity contribution in [1.82, 2.24) is 9.38 Å². The number of rotatable bonds is 2. The second kappa shape index (κ2) is 9.61. The van der Waals surface area contributed by atoms with Gasteiger partial charge in [0, 0.05) is 16.2 Å². The fourth-order valence-electron chi connectivity index (χ4n) is 9.99. The summed E-state index contributed by atoms with van der Waals surface area (Å²) in [6, 6.07) is 56.7. The van der Waals surface area contributed by atoms with Crippen LogP contribution in [0.15, 0.2) is 163 Å². The maximum atomic E-state index is 14.3. The lowest BCUT2D eigenvalue weighted by molar-refractivity contribution is 1.19. The van der Waals surface area contributed by atoms with Crippen molar-refractivity contribution < 1.29 is 0 Å². The average molecular weight is 671 g/mol. The molecule has 0 bridgehead atoms. The third-order valence-corrected chi connectivity index (χ3v) is 12.0. The maximum Gasteiger partial charge on any atom is 0.264 e. The summed E-state index contributed by atoms with van der Waals surface area (Å²) in [6.45, 7) is 0. The zero-order valence-corrected chi connectivity index (χ0v) is 28.3. The number of imidazole rings is 1. The summed E-state index contributed by atoms with van der Waals surface area (Å²) in [4.78, 5) is 19.3. The molecule has 0 radical (unpaired) electrons. The highest BCUT2D eigenvalue weighted by Crippen LogP contribution is 2.59.